The highest BCUT2D eigenvalue weighted by Crippen LogP contribution is 2.18. The number of anilines is 1. The summed E-state index contributed by atoms with van der Waals surface area (Å²) in [4.78, 5) is 16.5. The third-order valence-corrected chi connectivity index (χ3v) is 3.65. The van der Waals surface area contributed by atoms with Gasteiger partial charge in [0.2, 0.25) is 0 Å². The molecule has 106 valence electrons. The van der Waals surface area contributed by atoms with E-state index in [0.717, 1.165) is 23.2 Å². The number of hydrogen-bond acceptors (Lipinski definition) is 4. The number of carbonyl (C=O) groups is 1. The molecule has 2 N–H and O–H groups in total. The first-order valence-corrected chi connectivity index (χ1v) is 8.46. The highest BCUT2D eigenvalue weighted by molar-refractivity contribution is 9.10. The lowest BCUT2D eigenvalue weighted by atomic mass is 10.2. The van der Waals surface area contributed by atoms with E-state index in [-0.39, 0.29) is 11.9 Å². The Morgan fingerprint density at radius 3 is 2.95 bits per heavy atom. The molecule has 19 heavy (non-hydrogen) atoms. The molecule has 0 aliphatic rings. The molecule has 0 aromatic carbocycles. The zero-order valence-corrected chi connectivity index (χ0v) is 13.9. The summed E-state index contributed by atoms with van der Waals surface area (Å²) in [5.74, 6) is 1.58. The molecule has 0 saturated heterocycles. The standard InChI is InChI=1S/C13H20BrN3OS/c1-4-15-12-11(7-10(14)8-16-12)13(18)17-9(2)5-6-19-3/h7-9H,4-6H2,1-3H3,(H,15,16)(H,17,18). The number of hydrogen-bond donors (Lipinski definition) is 2. The smallest absolute Gasteiger partial charge is 0.255 e. The fraction of sp³-hybridized carbons (Fsp3) is 0.538. The van der Waals surface area contributed by atoms with E-state index in [1.54, 1.807) is 24.0 Å². The lowest BCUT2D eigenvalue weighted by molar-refractivity contribution is 0.0940. The molecule has 0 spiro atoms. The maximum Gasteiger partial charge on any atom is 0.255 e. The Hall–Kier alpha value is -0.750. The van der Waals surface area contributed by atoms with Gasteiger partial charge in [0.1, 0.15) is 5.82 Å². The molecule has 1 unspecified atom stereocenters. The van der Waals surface area contributed by atoms with Gasteiger partial charge in [-0.3, -0.25) is 4.79 Å². The minimum atomic E-state index is -0.0849. The Bertz CT molecular complexity index is 428. The van der Waals surface area contributed by atoms with E-state index in [2.05, 4.69) is 37.8 Å². The van der Waals surface area contributed by atoms with E-state index in [1.165, 1.54) is 0 Å². The van der Waals surface area contributed by atoms with E-state index in [0.29, 0.717) is 11.4 Å². The quantitative estimate of drug-likeness (QED) is 0.796. The van der Waals surface area contributed by atoms with Crippen LogP contribution in [0.5, 0.6) is 0 Å². The van der Waals surface area contributed by atoms with Crippen molar-refractivity contribution in [1.82, 2.24) is 10.3 Å². The van der Waals surface area contributed by atoms with Crippen molar-refractivity contribution in [3.63, 3.8) is 0 Å². The van der Waals surface area contributed by atoms with Crippen molar-refractivity contribution >= 4 is 39.4 Å². The minimum absolute atomic E-state index is 0.0849. The number of halogens is 1. The molecule has 1 rings (SSSR count). The number of carbonyl (C=O) groups excluding carboxylic acids is 1. The normalized spacial score (nSPS) is 12.0. The van der Waals surface area contributed by atoms with Crippen LogP contribution in [0.3, 0.4) is 0 Å². The van der Waals surface area contributed by atoms with Crippen molar-refractivity contribution in [3.05, 3.63) is 22.3 Å². The third-order valence-electron chi connectivity index (χ3n) is 2.58. The molecule has 0 radical (unpaired) electrons. The molecule has 6 heteroatoms. The van der Waals surface area contributed by atoms with Crippen molar-refractivity contribution in [2.75, 3.05) is 23.9 Å². The molecular formula is C13H20BrN3OS. The summed E-state index contributed by atoms with van der Waals surface area (Å²) in [5.41, 5.74) is 0.576. The molecule has 0 saturated carbocycles. The van der Waals surface area contributed by atoms with Crippen molar-refractivity contribution in [2.24, 2.45) is 0 Å². The minimum Gasteiger partial charge on any atom is -0.370 e. The summed E-state index contributed by atoms with van der Waals surface area (Å²) in [6, 6.07) is 1.95. The van der Waals surface area contributed by atoms with Crippen LogP contribution in [0.25, 0.3) is 0 Å². The largest absolute Gasteiger partial charge is 0.370 e. The first-order chi connectivity index (χ1) is 9.08. The molecule has 0 bridgehead atoms. The first kappa shape index (κ1) is 16.3. The number of amides is 1. The van der Waals surface area contributed by atoms with Gasteiger partial charge in [-0.15, -0.1) is 0 Å². The predicted molar refractivity (Wildman–Crippen MR) is 86.0 cm³/mol. The Morgan fingerprint density at radius 1 is 1.58 bits per heavy atom. The Labute approximate surface area is 127 Å². The van der Waals surface area contributed by atoms with Gasteiger partial charge in [-0.05, 0) is 54.3 Å². The van der Waals surface area contributed by atoms with Gasteiger partial charge in [-0.2, -0.15) is 11.8 Å². The number of thioether (sulfide) groups is 1. The zero-order chi connectivity index (χ0) is 14.3. The van der Waals surface area contributed by atoms with Crippen LogP contribution in [-0.2, 0) is 0 Å². The zero-order valence-electron chi connectivity index (χ0n) is 11.5. The average molecular weight is 346 g/mol. The second-order valence-electron chi connectivity index (χ2n) is 4.24. The van der Waals surface area contributed by atoms with Gasteiger partial charge in [0, 0.05) is 23.3 Å². The van der Waals surface area contributed by atoms with Crippen LogP contribution in [0.15, 0.2) is 16.7 Å². The number of pyridine rings is 1. The molecule has 1 atom stereocenters. The molecule has 0 fully saturated rings. The first-order valence-electron chi connectivity index (χ1n) is 6.27. The SMILES string of the molecule is CCNc1ncc(Br)cc1C(=O)NC(C)CCSC. The van der Waals surface area contributed by atoms with Crippen LogP contribution in [0.4, 0.5) is 5.82 Å². The van der Waals surface area contributed by atoms with Crippen molar-refractivity contribution in [1.29, 1.82) is 0 Å². The number of rotatable bonds is 7. The molecule has 1 aromatic heterocycles. The second kappa shape index (κ2) is 8.43. The van der Waals surface area contributed by atoms with Crippen LogP contribution in [-0.4, -0.2) is 35.5 Å². The van der Waals surface area contributed by atoms with E-state index in [1.807, 2.05) is 13.8 Å². The Balaban J connectivity index is 2.77. The molecule has 0 aliphatic heterocycles. The van der Waals surface area contributed by atoms with Gasteiger partial charge in [0.25, 0.3) is 5.91 Å². The molecular weight excluding hydrogens is 326 g/mol. The summed E-state index contributed by atoms with van der Waals surface area (Å²) >= 11 is 5.13. The monoisotopic (exact) mass is 345 g/mol. The van der Waals surface area contributed by atoms with Crippen LogP contribution in [0.1, 0.15) is 30.6 Å². The summed E-state index contributed by atoms with van der Waals surface area (Å²) < 4.78 is 0.802. The van der Waals surface area contributed by atoms with Crippen LogP contribution in [0, 0.1) is 0 Å². The topological polar surface area (TPSA) is 54.0 Å². The fourth-order valence-corrected chi connectivity index (χ4v) is 2.51. The lowest BCUT2D eigenvalue weighted by Gasteiger charge is -2.15. The van der Waals surface area contributed by atoms with E-state index < -0.39 is 0 Å². The van der Waals surface area contributed by atoms with E-state index in [4.69, 9.17) is 0 Å². The van der Waals surface area contributed by atoms with Gasteiger partial charge in [-0.25, -0.2) is 4.98 Å². The molecule has 1 amide bonds. The maximum absolute atomic E-state index is 12.2. The lowest BCUT2D eigenvalue weighted by Crippen LogP contribution is -2.33. The van der Waals surface area contributed by atoms with Gasteiger partial charge >= 0.3 is 0 Å². The highest BCUT2D eigenvalue weighted by atomic mass is 79.9. The predicted octanol–water partition coefficient (Wildman–Crippen LogP) is 3.15. The Morgan fingerprint density at radius 2 is 2.32 bits per heavy atom. The fourth-order valence-electron chi connectivity index (χ4n) is 1.59. The van der Waals surface area contributed by atoms with Gasteiger partial charge in [0.05, 0.1) is 5.56 Å². The molecule has 0 aliphatic carbocycles. The van der Waals surface area contributed by atoms with Crippen LogP contribution < -0.4 is 10.6 Å². The maximum atomic E-state index is 12.2. The number of nitrogens with zero attached hydrogens (tertiary/aromatic N) is 1. The van der Waals surface area contributed by atoms with Gasteiger partial charge in [0.15, 0.2) is 0 Å². The van der Waals surface area contributed by atoms with Crippen molar-refractivity contribution in [2.45, 2.75) is 26.3 Å². The molecule has 1 heterocycles. The average Bonchev–Trinajstić information content (AvgIpc) is 2.38. The van der Waals surface area contributed by atoms with Crippen LogP contribution in [0.2, 0.25) is 0 Å². The highest BCUT2D eigenvalue weighted by Gasteiger charge is 2.15. The summed E-state index contributed by atoms with van der Waals surface area (Å²) in [5, 5.41) is 6.11. The Kier molecular flexibility index (Phi) is 7.23. The third kappa shape index (κ3) is 5.40. The number of aromatic nitrogens is 1. The summed E-state index contributed by atoms with van der Waals surface area (Å²) in [6.45, 7) is 4.73. The number of nitrogens with one attached hydrogen (secondary N) is 2. The van der Waals surface area contributed by atoms with Crippen molar-refractivity contribution in [3.8, 4) is 0 Å². The van der Waals surface area contributed by atoms with Gasteiger partial charge < -0.3 is 10.6 Å². The second-order valence-corrected chi connectivity index (χ2v) is 6.14. The molecule has 1 aromatic rings. The van der Waals surface area contributed by atoms with Crippen LogP contribution >= 0.6 is 27.7 Å². The van der Waals surface area contributed by atoms with E-state index in [9.17, 15) is 4.79 Å². The summed E-state index contributed by atoms with van der Waals surface area (Å²) in [7, 11) is 0. The van der Waals surface area contributed by atoms with Gasteiger partial charge in [-0.1, -0.05) is 0 Å². The van der Waals surface area contributed by atoms with Crippen molar-refractivity contribution < 1.29 is 4.79 Å². The molecule has 4 nitrogen and oxygen atoms in total. The summed E-state index contributed by atoms with van der Waals surface area (Å²) in [6.07, 6.45) is 4.72. The van der Waals surface area contributed by atoms with E-state index >= 15 is 0 Å².